The number of rotatable bonds is 5. The van der Waals surface area contributed by atoms with E-state index in [1.54, 1.807) is 0 Å². The summed E-state index contributed by atoms with van der Waals surface area (Å²) < 4.78 is 17.8. The number of alkyl halides is 1. The van der Waals surface area contributed by atoms with Crippen molar-refractivity contribution in [2.24, 2.45) is 0 Å². The van der Waals surface area contributed by atoms with Gasteiger partial charge in [-0.15, -0.1) is 0 Å². The molecule has 0 aliphatic carbocycles. The third-order valence-corrected chi connectivity index (χ3v) is 3.14. The Balaban J connectivity index is 2.40. The Bertz CT molecular complexity index is 273. The minimum Gasteiger partial charge on any atom is -0.444 e. The van der Waals surface area contributed by atoms with Crippen LogP contribution in [0.3, 0.4) is 0 Å². The highest BCUT2D eigenvalue weighted by atomic mass is 19.1. The normalized spacial score (nSPS) is 17.3. The molecule has 5 heteroatoms. The van der Waals surface area contributed by atoms with Gasteiger partial charge < -0.3 is 14.5 Å². The Kier molecular flexibility index (Phi) is 6.55. The van der Waals surface area contributed by atoms with Crippen LogP contribution in [-0.2, 0) is 4.74 Å². The first-order valence-corrected chi connectivity index (χ1v) is 7.18. The van der Waals surface area contributed by atoms with E-state index in [1.165, 1.54) is 24.2 Å². The van der Waals surface area contributed by atoms with Gasteiger partial charge in [-0.25, -0.2) is 9.18 Å². The van der Waals surface area contributed by atoms with Gasteiger partial charge >= 0.3 is 6.09 Å². The van der Waals surface area contributed by atoms with E-state index in [0.717, 1.165) is 19.6 Å². The van der Waals surface area contributed by atoms with E-state index >= 15 is 0 Å². The van der Waals surface area contributed by atoms with Crippen molar-refractivity contribution in [2.75, 3.05) is 39.4 Å². The minimum absolute atomic E-state index is 0.114. The molecule has 0 aromatic heterocycles. The lowest BCUT2D eigenvalue weighted by Crippen LogP contribution is -2.43. The molecule has 1 heterocycles. The van der Waals surface area contributed by atoms with Crippen LogP contribution < -0.4 is 0 Å². The maximum absolute atomic E-state index is 12.5. The zero-order chi connectivity index (χ0) is 14.3. The van der Waals surface area contributed by atoms with E-state index in [9.17, 15) is 9.18 Å². The molecule has 0 aromatic rings. The summed E-state index contributed by atoms with van der Waals surface area (Å²) in [5.74, 6) is 0. The lowest BCUT2D eigenvalue weighted by atomic mass is 10.1. The summed E-state index contributed by atoms with van der Waals surface area (Å²) in [6, 6.07) is 0. The molecule has 0 unspecified atom stereocenters. The van der Waals surface area contributed by atoms with Crippen LogP contribution in [0.1, 0.15) is 40.0 Å². The number of piperidine rings is 1. The van der Waals surface area contributed by atoms with Gasteiger partial charge in [0.2, 0.25) is 0 Å². The molecule has 0 N–H and O–H groups in total. The Morgan fingerprint density at radius 1 is 1.21 bits per heavy atom. The van der Waals surface area contributed by atoms with Crippen LogP contribution in [0.25, 0.3) is 0 Å². The average molecular weight is 274 g/mol. The quantitative estimate of drug-likeness (QED) is 0.772. The average Bonchev–Trinajstić information content (AvgIpc) is 2.33. The highest BCUT2D eigenvalue weighted by Gasteiger charge is 2.22. The number of halogens is 1. The Labute approximate surface area is 115 Å². The Hall–Kier alpha value is -0.840. The topological polar surface area (TPSA) is 32.8 Å². The molecule has 0 saturated carbocycles. The Morgan fingerprint density at radius 2 is 1.84 bits per heavy atom. The number of hydrogen-bond donors (Lipinski definition) is 0. The number of amides is 1. The van der Waals surface area contributed by atoms with E-state index in [0.29, 0.717) is 6.54 Å². The summed E-state index contributed by atoms with van der Waals surface area (Å²) >= 11 is 0. The van der Waals surface area contributed by atoms with Crippen LogP contribution in [0.15, 0.2) is 0 Å². The monoisotopic (exact) mass is 274 g/mol. The summed E-state index contributed by atoms with van der Waals surface area (Å²) in [5, 5.41) is 0. The summed E-state index contributed by atoms with van der Waals surface area (Å²) in [5.41, 5.74) is -0.531. The fraction of sp³-hybridized carbons (Fsp3) is 0.929. The van der Waals surface area contributed by atoms with Crippen molar-refractivity contribution in [1.82, 2.24) is 9.80 Å². The largest absolute Gasteiger partial charge is 0.444 e. The fourth-order valence-electron chi connectivity index (χ4n) is 2.17. The molecule has 0 bridgehead atoms. The van der Waals surface area contributed by atoms with Gasteiger partial charge in [0.1, 0.15) is 12.3 Å². The van der Waals surface area contributed by atoms with E-state index in [4.69, 9.17) is 4.74 Å². The first kappa shape index (κ1) is 16.2. The lowest BCUT2D eigenvalue weighted by Gasteiger charge is -2.31. The van der Waals surface area contributed by atoms with Gasteiger partial charge in [-0.2, -0.15) is 0 Å². The molecule has 1 aliphatic rings. The first-order chi connectivity index (χ1) is 8.92. The lowest BCUT2D eigenvalue weighted by molar-refractivity contribution is 0.0217. The highest BCUT2D eigenvalue weighted by molar-refractivity contribution is 5.68. The van der Waals surface area contributed by atoms with Crippen molar-refractivity contribution in [3.63, 3.8) is 0 Å². The number of likely N-dealkylation sites (tertiary alicyclic amines) is 1. The maximum Gasteiger partial charge on any atom is 0.410 e. The molecule has 1 fully saturated rings. The SMILES string of the molecule is CC(C)(C)OC(=O)N(CCF)CCN1CCCCC1. The fourth-order valence-corrected chi connectivity index (χ4v) is 2.17. The molecule has 0 spiro atoms. The van der Waals surface area contributed by atoms with E-state index in [-0.39, 0.29) is 6.54 Å². The zero-order valence-electron chi connectivity index (χ0n) is 12.5. The third kappa shape index (κ3) is 6.76. The molecule has 1 saturated heterocycles. The van der Waals surface area contributed by atoms with E-state index < -0.39 is 18.4 Å². The van der Waals surface area contributed by atoms with Gasteiger partial charge in [-0.05, 0) is 46.7 Å². The van der Waals surface area contributed by atoms with E-state index in [1.807, 2.05) is 20.8 Å². The molecule has 112 valence electrons. The van der Waals surface area contributed by atoms with Gasteiger partial charge in [-0.3, -0.25) is 0 Å². The molecule has 0 radical (unpaired) electrons. The van der Waals surface area contributed by atoms with Crippen molar-refractivity contribution >= 4 is 6.09 Å². The van der Waals surface area contributed by atoms with Crippen LogP contribution in [-0.4, -0.2) is 60.9 Å². The summed E-state index contributed by atoms with van der Waals surface area (Å²) in [7, 11) is 0. The highest BCUT2D eigenvalue weighted by Crippen LogP contribution is 2.11. The van der Waals surface area contributed by atoms with Crippen LogP contribution in [0.5, 0.6) is 0 Å². The van der Waals surface area contributed by atoms with Crippen LogP contribution in [0, 0.1) is 0 Å². The maximum atomic E-state index is 12.5. The molecular formula is C14H27FN2O2. The first-order valence-electron chi connectivity index (χ1n) is 7.18. The summed E-state index contributed by atoms with van der Waals surface area (Å²) in [4.78, 5) is 15.7. The second kappa shape index (κ2) is 7.68. The predicted molar refractivity (Wildman–Crippen MR) is 74.1 cm³/mol. The van der Waals surface area contributed by atoms with Crippen LogP contribution in [0.4, 0.5) is 9.18 Å². The second-order valence-corrected chi connectivity index (χ2v) is 6.06. The smallest absolute Gasteiger partial charge is 0.410 e. The molecule has 4 nitrogen and oxygen atoms in total. The number of ether oxygens (including phenoxy) is 1. The molecule has 1 rings (SSSR count). The van der Waals surface area contributed by atoms with E-state index in [2.05, 4.69) is 4.90 Å². The number of nitrogens with zero attached hydrogens (tertiary/aromatic N) is 2. The van der Waals surface area contributed by atoms with Crippen molar-refractivity contribution < 1.29 is 13.9 Å². The van der Waals surface area contributed by atoms with Crippen LogP contribution >= 0.6 is 0 Å². The van der Waals surface area contributed by atoms with Crippen LogP contribution in [0.2, 0.25) is 0 Å². The Morgan fingerprint density at radius 3 is 2.37 bits per heavy atom. The minimum atomic E-state index is -0.531. The molecule has 0 aromatic carbocycles. The van der Waals surface area contributed by atoms with Gasteiger partial charge in [0, 0.05) is 13.1 Å². The summed E-state index contributed by atoms with van der Waals surface area (Å²) in [6.45, 7) is 8.56. The molecule has 1 amide bonds. The molecular weight excluding hydrogens is 247 g/mol. The van der Waals surface area contributed by atoms with Crippen molar-refractivity contribution in [1.29, 1.82) is 0 Å². The molecule has 1 aliphatic heterocycles. The van der Waals surface area contributed by atoms with Crippen molar-refractivity contribution in [2.45, 2.75) is 45.6 Å². The third-order valence-electron chi connectivity index (χ3n) is 3.14. The molecule has 19 heavy (non-hydrogen) atoms. The van der Waals surface area contributed by atoms with Gasteiger partial charge in [0.15, 0.2) is 0 Å². The predicted octanol–water partition coefficient (Wildman–Crippen LogP) is 2.68. The zero-order valence-corrected chi connectivity index (χ0v) is 12.5. The van der Waals surface area contributed by atoms with Crippen molar-refractivity contribution in [3.05, 3.63) is 0 Å². The standard InChI is InChI=1S/C14H27FN2O2/c1-14(2,3)19-13(18)17(10-7-15)12-11-16-8-5-4-6-9-16/h4-12H2,1-3H3. The van der Waals surface area contributed by atoms with Gasteiger partial charge in [0.25, 0.3) is 0 Å². The van der Waals surface area contributed by atoms with Gasteiger partial charge in [0.05, 0.1) is 6.54 Å². The molecule has 0 atom stereocenters. The van der Waals surface area contributed by atoms with Crippen molar-refractivity contribution in [3.8, 4) is 0 Å². The van der Waals surface area contributed by atoms with Gasteiger partial charge in [-0.1, -0.05) is 6.42 Å². The number of carbonyl (C=O) groups excluding carboxylic acids is 1. The number of carbonyl (C=O) groups is 1. The summed E-state index contributed by atoms with van der Waals surface area (Å²) in [6.07, 6.45) is 3.31. The number of hydrogen-bond acceptors (Lipinski definition) is 3. The second-order valence-electron chi connectivity index (χ2n) is 6.06.